The van der Waals surface area contributed by atoms with Crippen molar-refractivity contribution in [3.05, 3.63) is 35.9 Å². The van der Waals surface area contributed by atoms with Gasteiger partial charge in [-0.1, -0.05) is 42.4 Å². The molecule has 1 unspecified atom stereocenters. The number of oxime groups is 1. The monoisotopic (exact) mass is 238 g/mol. The molecule has 3 nitrogen and oxygen atoms in total. The average Bonchev–Trinajstić information content (AvgIpc) is 2.35. The topological polar surface area (TPSA) is 58.6 Å². The molecule has 3 N–H and O–H groups in total. The van der Waals surface area contributed by atoms with Crippen LogP contribution in [0.1, 0.15) is 25.3 Å². The van der Waals surface area contributed by atoms with Crippen molar-refractivity contribution in [3.8, 4) is 0 Å². The summed E-state index contributed by atoms with van der Waals surface area (Å²) in [6.07, 6.45) is 1.66. The molecule has 0 aromatic heterocycles. The standard InChI is InChI=1S/C12H18N2OS/c1-2-11(8-12(13)14-15)16-9-10-6-4-3-5-7-10/h3-7,11,15H,2,8-9H2,1H3,(H2,13,14). The van der Waals surface area contributed by atoms with Crippen molar-refractivity contribution in [1.82, 2.24) is 0 Å². The molecule has 0 radical (unpaired) electrons. The molecule has 0 amide bonds. The fourth-order valence-corrected chi connectivity index (χ4v) is 2.53. The first-order chi connectivity index (χ1) is 7.76. The number of rotatable bonds is 6. The molecule has 0 fully saturated rings. The Morgan fingerprint density at radius 2 is 2.12 bits per heavy atom. The number of thioether (sulfide) groups is 1. The summed E-state index contributed by atoms with van der Waals surface area (Å²) in [5.41, 5.74) is 6.82. The zero-order valence-corrected chi connectivity index (χ0v) is 10.3. The van der Waals surface area contributed by atoms with E-state index in [1.54, 1.807) is 0 Å². The summed E-state index contributed by atoms with van der Waals surface area (Å²) in [6.45, 7) is 2.12. The first-order valence-corrected chi connectivity index (χ1v) is 6.43. The quantitative estimate of drug-likeness (QED) is 0.347. The van der Waals surface area contributed by atoms with E-state index in [9.17, 15) is 0 Å². The smallest absolute Gasteiger partial charge is 0.140 e. The van der Waals surface area contributed by atoms with E-state index in [1.165, 1.54) is 5.56 Å². The fourth-order valence-electron chi connectivity index (χ4n) is 1.38. The minimum Gasteiger partial charge on any atom is -0.409 e. The Hall–Kier alpha value is -1.16. The van der Waals surface area contributed by atoms with Gasteiger partial charge in [0, 0.05) is 17.4 Å². The lowest BCUT2D eigenvalue weighted by atomic mass is 10.2. The summed E-state index contributed by atoms with van der Waals surface area (Å²) in [6, 6.07) is 10.3. The Morgan fingerprint density at radius 1 is 1.44 bits per heavy atom. The first-order valence-electron chi connectivity index (χ1n) is 5.38. The maximum atomic E-state index is 8.52. The van der Waals surface area contributed by atoms with Gasteiger partial charge in [0.15, 0.2) is 0 Å². The van der Waals surface area contributed by atoms with Crippen molar-refractivity contribution in [2.75, 3.05) is 0 Å². The van der Waals surface area contributed by atoms with Crippen molar-refractivity contribution in [2.45, 2.75) is 30.8 Å². The van der Waals surface area contributed by atoms with Crippen LogP contribution >= 0.6 is 11.8 Å². The molecule has 4 heteroatoms. The van der Waals surface area contributed by atoms with Crippen molar-refractivity contribution in [2.24, 2.45) is 10.9 Å². The van der Waals surface area contributed by atoms with Gasteiger partial charge in [0.25, 0.3) is 0 Å². The van der Waals surface area contributed by atoms with E-state index in [4.69, 9.17) is 10.9 Å². The van der Waals surface area contributed by atoms with Crippen LogP contribution in [-0.4, -0.2) is 16.3 Å². The molecule has 0 aliphatic heterocycles. The zero-order chi connectivity index (χ0) is 11.8. The van der Waals surface area contributed by atoms with Gasteiger partial charge in [0.1, 0.15) is 5.84 Å². The van der Waals surface area contributed by atoms with Crippen LogP contribution in [0.5, 0.6) is 0 Å². The summed E-state index contributed by atoms with van der Waals surface area (Å²) in [4.78, 5) is 0. The molecule has 0 saturated carbocycles. The predicted octanol–water partition coefficient (Wildman–Crippen LogP) is 2.83. The third-order valence-corrected chi connectivity index (χ3v) is 3.82. The third kappa shape index (κ3) is 4.57. The molecule has 1 aromatic carbocycles. The molecule has 0 saturated heterocycles. The minimum absolute atomic E-state index is 0.312. The minimum atomic E-state index is 0.312. The highest BCUT2D eigenvalue weighted by Crippen LogP contribution is 2.22. The van der Waals surface area contributed by atoms with Crippen LogP contribution < -0.4 is 5.73 Å². The number of benzene rings is 1. The molecule has 0 heterocycles. The number of hydrogen-bond acceptors (Lipinski definition) is 3. The van der Waals surface area contributed by atoms with Crippen LogP contribution in [0.3, 0.4) is 0 Å². The largest absolute Gasteiger partial charge is 0.409 e. The summed E-state index contributed by atoms with van der Waals surface area (Å²) < 4.78 is 0. The highest BCUT2D eigenvalue weighted by molar-refractivity contribution is 7.99. The summed E-state index contributed by atoms with van der Waals surface area (Å²) in [7, 11) is 0. The Bertz CT molecular complexity index is 327. The van der Waals surface area contributed by atoms with Crippen LogP contribution in [0.2, 0.25) is 0 Å². The average molecular weight is 238 g/mol. The van der Waals surface area contributed by atoms with Crippen LogP contribution in [0, 0.1) is 0 Å². The summed E-state index contributed by atoms with van der Waals surface area (Å²) in [5, 5.41) is 11.9. The van der Waals surface area contributed by atoms with E-state index in [0.29, 0.717) is 17.5 Å². The second-order valence-electron chi connectivity index (χ2n) is 3.62. The van der Waals surface area contributed by atoms with E-state index < -0.39 is 0 Å². The summed E-state index contributed by atoms with van der Waals surface area (Å²) in [5.74, 6) is 1.28. The van der Waals surface area contributed by atoms with Gasteiger partial charge >= 0.3 is 0 Å². The molecule has 1 atom stereocenters. The lowest BCUT2D eigenvalue weighted by Crippen LogP contribution is -2.18. The van der Waals surface area contributed by atoms with Crippen LogP contribution in [0.15, 0.2) is 35.5 Å². The number of nitrogens with zero attached hydrogens (tertiary/aromatic N) is 1. The van der Waals surface area contributed by atoms with Gasteiger partial charge in [-0.05, 0) is 12.0 Å². The predicted molar refractivity (Wildman–Crippen MR) is 69.8 cm³/mol. The Labute approximate surface area is 101 Å². The summed E-state index contributed by atoms with van der Waals surface area (Å²) >= 11 is 1.85. The van der Waals surface area contributed by atoms with E-state index in [-0.39, 0.29) is 0 Å². The second-order valence-corrected chi connectivity index (χ2v) is 4.91. The maximum absolute atomic E-state index is 8.52. The SMILES string of the molecule is CCC(C/C(N)=N/O)SCc1ccccc1. The number of hydrogen-bond donors (Lipinski definition) is 2. The van der Waals surface area contributed by atoms with Gasteiger partial charge in [-0.2, -0.15) is 11.8 Å². The molecule has 1 aromatic rings. The Morgan fingerprint density at radius 3 is 2.69 bits per heavy atom. The Balaban J connectivity index is 2.40. The van der Waals surface area contributed by atoms with Crippen molar-refractivity contribution in [3.63, 3.8) is 0 Å². The van der Waals surface area contributed by atoms with Crippen molar-refractivity contribution in [1.29, 1.82) is 0 Å². The number of nitrogens with two attached hydrogens (primary N) is 1. The van der Waals surface area contributed by atoms with E-state index in [2.05, 4.69) is 24.2 Å². The molecule has 0 bridgehead atoms. The lowest BCUT2D eigenvalue weighted by Gasteiger charge is -2.13. The second kappa shape index (κ2) is 7.17. The molecule has 0 spiro atoms. The van der Waals surface area contributed by atoms with Crippen LogP contribution in [0.25, 0.3) is 0 Å². The van der Waals surface area contributed by atoms with Gasteiger partial charge in [-0.15, -0.1) is 0 Å². The molecule has 1 rings (SSSR count). The normalized spacial score (nSPS) is 13.7. The molecule has 0 aliphatic carbocycles. The van der Waals surface area contributed by atoms with Gasteiger partial charge in [-0.25, -0.2) is 0 Å². The Kier molecular flexibility index (Phi) is 5.78. The fraction of sp³-hybridized carbons (Fsp3) is 0.417. The zero-order valence-electron chi connectivity index (χ0n) is 9.47. The van der Waals surface area contributed by atoms with Gasteiger partial charge in [-0.3, -0.25) is 0 Å². The third-order valence-electron chi connectivity index (χ3n) is 2.35. The number of amidine groups is 1. The van der Waals surface area contributed by atoms with E-state index in [1.807, 2.05) is 30.0 Å². The van der Waals surface area contributed by atoms with Gasteiger partial charge < -0.3 is 10.9 Å². The molecule has 0 aliphatic rings. The molecular weight excluding hydrogens is 220 g/mol. The first kappa shape index (κ1) is 12.9. The van der Waals surface area contributed by atoms with Gasteiger partial charge in [0.2, 0.25) is 0 Å². The highest BCUT2D eigenvalue weighted by atomic mass is 32.2. The highest BCUT2D eigenvalue weighted by Gasteiger charge is 2.09. The van der Waals surface area contributed by atoms with Gasteiger partial charge in [0.05, 0.1) is 0 Å². The molecule has 16 heavy (non-hydrogen) atoms. The van der Waals surface area contributed by atoms with Crippen LogP contribution in [0.4, 0.5) is 0 Å². The molecule has 88 valence electrons. The molecular formula is C12H18N2OS. The maximum Gasteiger partial charge on any atom is 0.140 e. The van der Waals surface area contributed by atoms with Crippen LogP contribution in [-0.2, 0) is 5.75 Å². The van der Waals surface area contributed by atoms with Crippen molar-refractivity contribution < 1.29 is 5.21 Å². The van der Waals surface area contributed by atoms with E-state index >= 15 is 0 Å². The van der Waals surface area contributed by atoms with Crippen molar-refractivity contribution >= 4 is 17.6 Å². The lowest BCUT2D eigenvalue weighted by molar-refractivity contribution is 0.316. The van der Waals surface area contributed by atoms with E-state index in [0.717, 1.165) is 12.2 Å².